The summed E-state index contributed by atoms with van der Waals surface area (Å²) in [6.45, 7) is 0. The van der Waals surface area contributed by atoms with Crippen LogP contribution in [0.1, 0.15) is 24.1 Å². The van der Waals surface area contributed by atoms with E-state index in [9.17, 15) is 0 Å². The molecule has 0 atom stereocenters. The fourth-order valence-electron chi connectivity index (χ4n) is 9.06. The topological polar surface area (TPSA) is 38.9 Å². The first kappa shape index (κ1) is 31.9. The lowest BCUT2D eigenvalue weighted by Gasteiger charge is -2.16. The molecule has 1 aliphatic carbocycles. The number of benzene rings is 9. The molecule has 0 bridgehead atoms. The third-order valence-corrected chi connectivity index (χ3v) is 11.9. The van der Waals surface area contributed by atoms with Crippen LogP contribution in [0.4, 0.5) is 0 Å². The molecule has 9 aromatic carbocycles. The molecule has 0 unspecified atom stereocenters. The van der Waals surface area contributed by atoms with E-state index < -0.39 is 0 Å². The maximum absolute atomic E-state index is 6.35. The minimum atomic E-state index is 0.921. The van der Waals surface area contributed by atoms with Gasteiger partial charge in [0.1, 0.15) is 11.2 Å². The zero-order valence-corrected chi connectivity index (χ0v) is 31.0. The molecule has 3 nitrogen and oxygen atoms in total. The Balaban J connectivity index is 0.847. The van der Waals surface area contributed by atoms with Crippen molar-refractivity contribution in [2.75, 3.05) is 0 Å². The first-order valence-corrected chi connectivity index (χ1v) is 19.7. The number of hydrogen-bond donors (Lipinski definition) is 0. The molecule has 3 heteroatoms. The molecule has 0 N–H and O–H groups in total. The third kappa shape index (κ3) is 5.20. The maximum Gasteiger partial charge on any atom is 0.143 e. The Bertz CT molecular complexity index is 3500. The highest BCUT2D eigenvalue weighted by Crippen LogP contribution is 2.39. The van der Waals surface area contributed by atoms with Crippen LogP contribution >= 0.6 is 0 Å². The Morgan fingerprint density at radius 1 is 0.456 bits per heavy atom. The van der Waals surface area contributed by atoms with E-state index in [0.717, 1.165) is 73.4 Å². The lowest BCUT2D eigenvalue weighted by molar-refractivity contribution is 0.670. The first-order valence-electron chi connectivity index (χ1n) is 19.7. The third-order valence-electron chi connectivity index (χ3n) is 11.9. The number of rotatable bonds is 4. The van der Waals surface area contributed by atoms with Crippen molar-refractivity contribution in [3.63, 3.8) is 0 Å². The minimum Gasteiger partial charge on any atom is -0.455 e. The summed E-state index contributed by atoms with van der Waals surface area (Å²) in [5.74, 6) is 0. The second kappa shape index (κ2) is 12.6. The molecule has 1 aliphatic rings. The normalized spacial score (nSPS) is 13.3. The SMILES string of the molecule is C1=C(c2ccc3cc(-c4ccc5cc(-c6cccc7c6oc6ccccc67)ccc5c4)ccc3c2)C=C(c2cnc3c4ccccc4c4ccccc4c3n2)CC1. The van der Waals surface area contributed by atoms with E-state index in [-0.39, 0.29) is 0 Å². The van der Waals surface area contributed by atoms with Crippen molar-refractivity contribution in [3.8, 4) is 22.3 Å². The molecule has 0 aliphatic heterocycles. The van der Waals surface area contributed by atoms with E-state index in [1.54, 1.807) is 0 Å². The number of hydrogen-bond acceptors (Lipinski definition) is 3. The van der Waals surface area contributed by atoms with Gasteiger partial charge < -0.3 is 4.42 Å². The molecule has 0 amide bonds. The van der Waals surface area contributed by atoms with E-state index in [0.29, 0.717) is 0 Å². The lowest BCUT2D eigenvalue weighted by Crippen LogP contribution is -1.98. The summed E-state index contributed by atoms with van der Waals surface area (Å²) in [6, 6.07) is 58.9. The van der Waals surface area contributed by atoms with Gasteiger partial charge in [0.2, 0.25) is 0 Å². The van der Waals surface area contributed by atoms with E-state index in [1.807, 2.05) is 18.3 Å². The Hall–Kier alpha value is -7.36. The van der Waals surface area contributed by atoms with Crippen molar-refractivity contribution in [2.45, 2.75) is 12.8 Å². The molecule has 0 fully saturated rings. The van der Waals surface area contributed by atoms with Crippen LogP contribution in [0.5, 0.6) is 0 Å². The summed E-state index contributed by atoms with van der Waals surface area (Å²) >= 11 is 0. The molecule has 266 valence electrons. The highest BCUT2D eigenvalue weighted by molar-refractivity contribution is 6.23. The zero-order chi connectivity index (χ0) is 37.5. The number of furan rings is 1. The van der Waals surface area contributed by atoms with E-state index in [2.05, 4.69) is 164 Å². The molecule has 57 heavy (non-hydrogen) atoms. The number of nitrogens with zero attached hydrogens (tertiary/aromatic N) is 2. The molecule has 0 radical (unpaired) electrons. The van der Waals surface area contributed by atoms with Gasteiger partial charge in [0.25, 0.3) is 0 Å². The predicted octanol–water partition coefficient (Wildman–Crippen LogP) is 14.7. The second-order valence-electron chi connectivity index (χ2n) is 15.2. The molecule has 0 spiro atoms. The molecular weight excluding hydrogens is 693 g/mol. The summed E-state index contributed by atoms with van der Waals surface area (Å²) in [5, 5.41) is 11.9. The number of para-hydroxylation sites is 2. The average Bonchev–Trinajstić information content (AvgIpc) is 3.67. The highest BCUT2D eigenvalue weighted by Gasteiger charge is 2.16. The van der Waals surface area contributed by atoms with Crippen molar-refractivity contribution in [2.24, 2.45) is 0 Å². The van der Waals surface area contributed by atoms with Gasteiger partial charge in [-0.05, 0) is 115 Å². The van der Waals surface area contributed by atoms with Crippen LogP contribution in [-0.2, 0) is 0 Å². The van der Waals surface area contributed by atoms with Crippen LogP contribution < -0.4 is 0 Å². The van der Waals surface area contributed by atoms with Gasteiger partial charge in [0.05, 0.1) is 22.9 Å². The van der Waals surface area contributed by atoms with Gasteiger partial charge in [0.15, 0.2) is 0 Å². The first-order chi connectivity index (χ1) is 28.2. The number of fused-ring (bicyclic) bond motifs is 11. The maximum atomic E-state index is 6.35. The van der Waals surface area contributed by atoms with Crippen molar-refractivity contribution >= 4 is 87.2 Å². The Morgan fingerprint density at radius 2 is 1.02 bits per heavy atom. The Morgan fingerprint density at radius 3 is 1.74 bits per heavy atom. The predicted molar refractivity (Wildman–Crippen MR) is 239 cm³/mol. The zero-order valence-electron chi connectivity index (χ0n) is 31.0. The van der Waals surface area contributed by atoms with Crippen molar-refractivity contribution in [1.82, 2.24) is 9.97 Å². The summed E-state index contributed by atoms with van der Waals surface area (Å²) in [4.78, 5) is 10.3. The van der Waals surface area contributed by atoms with Gasteiger partial charge >= 0.3 is 0 Å². The van der Waals surface area contributed by atoms with Gasteiger partial charge in [-0.3, -0.25) is 4.98 Å². The Labute approximate surface area is 328 Å². The lowest BCUT2D eigenvalue weighted by atomic mass is 9.91. The second-order valence-corrected chi connectivity index (χ2v) is 15.2. The fourth-order valence-corrected chi connectivity index (χ4v) is 9.06. The quantitative estimate of drug-likeness (QED) is 0.170. The van der Waals surface area contributed by atoms with E-state index in [4.69, 9.17) is 14.4 Å². The molecule has 0 saturated carbocycles. The molecule has 11 aromatic rings. The van der Waals surface area contributed by atoms with Crippen molar-refractivity contribution < 1.29 is 4.42 Å². The summed E-state index contributed by atoms with van der Waals surface area (Å²) in [6.07, 6.45) is 8.55. The van der Waals surface area contributed by atoms with Crippen LogP contribution in [0.15, 0.2) is 187 Å². The molecule has 12 rings (SSSR count). The van der Waals surface area contributed by atoms with Crippen LogP contribution in [0.2, 0.25) is 0 Å². The number of allylic oxidation sites excluding steroid dienone is 4. The monoisotopic (exact) mass is 726 g/mol. The van der Waals surface area contributed by atoms with Gasteiger partial charge in [-0.25, -0.2) is 4.98 Å². The molecule has 0 saturated heterocycles. The minimum absolute atomic E-state index is 0.921. The smallest absolute Gasteiger partial charge is 0.143 e. The van der Waals surface area contributed by atoms with Gasteiger partial charge in [-0.15, -0.1) is 0 Å². The van der Waals surface area contributed by atoms with E-state index >= 15 is 0 Å². The summed E-state index contributed by atoms with van der Waals surface area (Å²) < 4.78 is 6.35. The van der Waals surface area contributed by atoms with Gasteiger partial charge in [0, 0.05) is 27.1 Å². The van der Waals surface area contributed by atoms with Gasteiger partial charge in [-0.2, -0.15) is 0 Å². The van der Waals surface area contributed by atoms with Crippen LogP contribution in [0.25, 0.3) is 109 Å². The largest absolute Gasteiger partial charge is 0.455 e. The van der Waals surface area contributed by atoms with Gasteiger partial charge in [-0.1, -0.05) is 140 Å². The van der Waals surface area contributed by atoms with Crippen LogP contribution in [-0.4, -0.2) is 9.97 Å². The Kier molecular flexibility index (Phi) is 7.05. The van der Waals surface area contributed by atoms with E-state index in [1.165, 1.54) is 60.2 Å². The molecule has 2 aromatic heterocycles. The highest BCUT2D eigenvalue weighted by atomic mass is 16.3. The number of aromatic nitrogens is 2. The standard InChI is InChI=1S/C54H34N2O/c1-3-14-47-44(11-1)45-12-2-4-15-48(45)53-52(47)55-32-50(56-53)42-10-7-9-33(31-42)34-19-20-36-28-37(22-21-35(36)27-34)38-23-24-40-30-41(26-25-39(40)29-38)43-16-8-17-49-46-13-5-6-18-51(46)57-54(43)49/h1-6,8-9,11-32H,7,10H2. The molecular formula is C54H34N2O. The molecule has 2 heterocycles. The fraction of sp³-hybridized carbons (Fsp3) is 0.0370. The summed E-state index contributed by atoms with van der Waals surface area (Å²) in [7, 11) is 0. The van der Waals surface area contributed by atoms with Crippen molar-refractivity contribution in [3.05, 3.63) is 193 Å². The van der Waals surface area contributed by atoms with Crippen LogP contribution in [0.3, 0.4) is 0 Å². The average molecular weight is 727 g/mol. The summed E-state index contributed by atoms with van der Waals surface area (Å²) in [5.41, 5.74) is 13.1. The van der Waals surface area contributed by atoms with Crippen LogP contribution in [0, 0.1) is 0 Å². The van der Waals surface area contributed by atoms with Crippen molar-refractivity contribution in [1.29, 1.82) is 0 Å².